The largest absolute Gasteiger partial charge is 0.494 e. The fraction of sp³-hybridized carbons (Fsp3) is 0.533. The van der Waals surface area contributed by atoms with E-state index in [0.29, 0.717) is 19.6 Å². The number of hydrogen-bond acceptors (Lipinski definition) is 3. The van der Waals surface area contributed by atoms with Crippen molar-refractivity contribution in [1.29, 1.82) is 0 Å². The molecule has 1 aliphatic rings. The van der Waals surface area contributed by atoms with Gasteiger partial charge in [0.15, 0.2) is 0 Å². The molecule has 2 rings (SSSR count). The van der Waals surface area contributed by atoms with Crippen LogP contribution in [-0.2, 0) is 4.79 Å². The Kier molecular flexibility index (Phi) is 6.82. The number of benzene rings is 1. The highest BCUT2D eigenvalue weighted by Crippen LogP contribution is 2.13. The minimum atomic E-state index is 0. The van der Waals surface area contributed by atoms with E-state index in [4.69, 9.17) is 10.5 Å². The lowest BCUT2D eigenvalue weighted by atomic mass is 10.2. The summed E-state index contributed by atoms with van der Waals surface area (Å²) in [6.45, 7) is 4.12. The number of carbonyl (C=O) groups is 1. The second kappa shape index (κ2) is 8.12. The molecule has 0 spiro atoms. The Morgan fingerprint density at radius 1 is 1.50 bits per heavy atom. The minimum absolute atomic E-state index is 0. The summed E-state index contributed by atoms with van der Waals surface area (Å²) in [6, 6.07) is 8.11. The number of ether oxygens (including phenoxy) is 1. The van der Waals surface area contributed by atoms with Gasteiger partial charge in [0, 0.05) is 25.6 Å². The summed E-state index contributed by atoms with van der Waals surface area (Å²) in [5.41, 5.74) is 6.97. The molecule has 1 amide bonds. The van der Waals surface area contributed by atoms with Gasteiger partial charge >= 0.3 is 0 Å². The molecule has 1 saturated heterocycles. The van der Waals surface area contributed by atoms with E-state index in [0.717, 1.165) is 25.1 Å². The number of rotatable bonds is 5. The first-order valence-electron chi connectivity index (χ1n) is 6.88. The zero-order valence-electron chi connectivity index (χ0n) is 11.9. The number of likely N-dealkylation sites (tertiary alicyclic amines) is 1. The number of nitrogens with two attached hydrogens (primary N) is 1. The third-order valence-corrected chi connectivity index (χ3v) is 3.37. The van der Waals surface area contributed by atoms with Gasteiger partial charge in [0.2, 0.25) is 5.91 Å². The molecule has 1 atom stereocenters. The number of amides is 1. The molecule has 1 fully saturated rings. The van der Waals surface area contributed by atoms with Crippen molar-refractivity contribution in [2.24, 2.45) is 5.73 Å². The van der Waals surface area contributed by atoms with E-state index in [-0.39, 0.29) is 24.4 Å². The van der Waals surface area contributed by atoms with Gasteiger partial charge in [0.25, 0.3) is 0 Å². The van der Waals surface area contributed by atoms with E-state index in [9.17, 15) is 4.79 Å². The van der Waals surface area contributed by atoms with Crippen LogP contribution in [0.4, 0.5) is 0 Å². The average Bonchev–Trinajstić information content (AvgIpc) is 2.81. The van der Waals surface area contributed by atoms with Crippen LogP contribution in [0.1, 0.15) is 24.8 Å². The van der Waals surface area contributed by atoms with Crippen molar-refractivity contribution in [3.05, 3.63) is 29.8 Å². The summed E-state index contributed by atoms with van der Waals surface area (Å²) >= 11 is 0. The third kappa shape index (κ3) is 5.02. The van der Waals surface area contributed by atoms with Crippen LogP contribution in [0.5, 0.6) is 5.75 Å². The van der Waals surface area contributed by atoms with Crippen molar-refractivity contribution >= 4 is 18.3 Å². The summed E-state index contributed by atoms with van der Waals surface area (Å²) in [4.78, 5) is 13.7. The molecule has 1 aromatic carbocycles. The maximum atomic E-state index is 11.9. The van der Waals surface area contributed by atoms with E-state index in [2.05, 4.69) is 0 Å². The average molecular weight is 299 g/mol. The molecule has 0 unspecified atom stereocenters. The Bertz CT molecular complexity index is 440. The fourth-order valence-electron chi connectivity index (χ4n) is 2.29. The van der Waals surface area contributed by atoms with Crippen LogP contribution in [0.25, 0.3) is 0 Å². The molecular weight excluding hydrogens is 276 g/mol. The molecular formula is C15H23ClN2O2. The van der Waals surface area contributed by atoms with Gasteiger partial charge in [-0.1, -0.05) is 12.1 Å². The maximum Gasteiger partial charge on any atom is 0.222 e. The third-order valence-electron chi connectivity index (χ3n) is 3.37. The molecule has 112 valence electrons. The van der Waals surface area contributed by atoms with Gasteiger partial charge in [-0.3, -0.25) is 4.79 Å². The predicted octanol–water partition coefficient (Wildman–Crippen LogP) is 2.14. The standard InChI is InChI=1S/C15H22N2O2.ClH/c1-12-4-2-5-14(10-12)19-9-3-6-15(18)17-8-7-13(16)11-17;/h2,4-5,10,13H,3,6-9,11,16H2,1H3;1H/t13-;/m1./s1. The first-order chi connectivity index (χ1) is 9.15. The van der Waals surface area contributed by atoms with Gasteiger partial charge < -0.3 is 15.4 Å². The zero-order valence-corrected chi connectivity index (χ0v) is 12.7. The van der Waals surface area contributed by atoms with E-state index >= 15 is 0 Å². The van der Waals surface area contributed by atoms with E-state index in [1.54, 1.807) is 0 Å². The van der Waals surface area contributed by atoms with Gasteiger partial charge in [-0.15, -0.1) is 12.4 Å². The first kappa shape index (κ1) is 16.8. The van der Waals surface area contributed by atoms with Crippen molar-refractivity contribution in [1.82, 2.24) is 4.90 Å². The Morgan fingerprint density at radius 2 is 2.30 bits per heavy atom. The molecule has 0 bridgehead atoms. The van der Waals surface area contributed by atoms with Gasteiger partial charge in [0.1, 0.15) is 5.75 Å². The molecule has 0 saturated carbocycles. The minimum Gasteiger partial charge on any atom is -0.494 e. The van der Waals surface area contributed by atoms with Gasteiger partial charge in [-0.25, -0.2) is 0 Å². The summed E-state index contributed by atoms with van der Waals surface area (Å²) in [7, 11) is 0. The quantitative estimate of drug-likeness (QED) is 0.847. The van der Waals surface area contributed by atoms with Crippen LogP contribution in [0.2, 0.25) is 0 Å². The Hall–Kier alpha value is -1.26. The molecule has 5 heteroatoms. The molecule has 2 N–H and O–H groups in total. The van der Waals surface area contributed by atoms with Crippen molar-refractivity contribution < 1.29 is 9.53 Å². The molecule has 0 radical (unpaired) electrons. The number of carbonyl (C=O) groups excluding carboxylic acids is 1. The Labute approximate surface area is 126 Å². The lowest BCUT2D eigenvalue weighted by Crippen LogP contribution is -2.31. The SMILES string of the molecule is Cc1cccc(OCCCC(=O)N2CC[C@@H](N)C2)c1.Cl. The van der Waals surface area contributed by atoms with Gasteiger partial charge in [-0.05, 0) is 37.5 Å². The second-order valence-corrected chi connectivity index (χ2v) is 5.16. The summed E-state index contributed by atoms with van der Waals surface area (Å²) in [5, 5.41) is 0. The molecule has 4 nitrogen and oxygen atoms in total. The Balaban J connectivity index is 0.00000200. The van der Waals surface area contributed by atoms with Gasteiger partial charge in [-0.2, -0.15) is 0 Å². The number of halogens is 1. The predicted molar refractivity (Wildman–Crippen MR) is 82.3 cm³/mol. The van der Waals surface area contributed by atoms with Crippen molar-refractivity contribution in [3.63, 3.8) is 0 Å². The molecule has 0 aliphatic carbocycles. The first-order valence-corrected chi connectivity index (χ1v) is 6.88. The van der Waals surface area contributed by atoms with E-state index in [1.165, 1.54) is 5.56 Å². The summed E-state index contributed by atoms with van der Waals surface area (Å²) in [5.74, 6) is 1.07. The van der Waals surface area contributed by atoms with E-state index < -0.39 is 0 Å². The zero-order chi connectivity index (χ0) is 13.7. The molecule has 1 heterocycles. The topological polar surface area (TPSA) is 55.6 Å². The van der Waals surface area contributed by atoms with Crippen molar-refractivity contribution in [2.75, 3.05) is 19.7 Å². The smallest absolute Gasteiger partial charge is 0.222 e. The summed E-state index contributed by atoms with van der Waals surface area (Å²) in [6.07, 6.45) is 2.21. The molecule has 0 aromatic heterocycles. The van der Waals surface area contributed by atoms with E-state index in [1.807, 2.05) is 36.1 Å². The van der Waals surface area contributed by atoms with Crippen molar-refractivity contribution in [3.8, 4) is 5.75 Å². The normalized spacial score (nSPS) is 17.7. The van der Waals surface area contributed by atoms with Crippen molar-refractivity contribution in [2.45, 2.75) is 32.2 Å². The van der Waals surface area contributed by atoms with Gasteiger partial charge in [0.05, 0.1) is 6.61 Å². The maximum absolute atomic E-state index is 11.9. The van der Waals surface area contributed by atoms with Crippen LogP contribution in [0, 0.1) is 6.92 Å². The molecule has 20 heavy (non-hydrogen) atoms. The number of nitrogens with zero attached hydrogens (tertiary/aromatic N) is 1. The van der Waals surface area contributed by atoms with Crippen LogP contribution in [-0.4, -0.2) is 36.5 Å². The molecule has 1 aromatic rings. The highest BCUT2D eigenvalue weighted by atomic mass is 35.5. The lowest BCUT2D eigenvalue weighted by molar-refractivity contribution is -0.130. The monoisotopic (exact) mass is 298 g/mol. The van der Waals surface area contributed by atoms with Crippen LogP contribution < -0.4 is 10.5 Å². The number of aryl methyl sites for hydroxylation is 1. The highest BCUT2D eigenvalue weighted by molar-refractivity contribution is 5.85. The fourth-order valence-corrected chi connectivity index (χ4v) is 2.29. The summed E-state index contributed by atoms with van der Waals surface area (Å²) < 4.78 is 5.63. The number of hydrogen-bond donors (Lipinski definition) is 1. The van der Waals surface area contributed by atoms with Crippen LogP contribution >= 0.6 is 12.4 Å². The lowest BCUT2D eigenvalue weighted by Gasteiger charge is -2.15. The molecule has 1 aliphatic heterocycles. The highest BCUT2D eigenvalue weighted by Gasteiger charge is 2.22. The second-order valence-electron chi connectivity index (χ2n) is 5.16. The van der Waals surface area contributed by atoms with Crippen LogP contribution in [0.15, 0.2) is 24.3 Å². The Morgan fingerprint density at radius 3 is 2.95 bits per heavy atom. The van der Waals surface area contributed by atoms with Crippen LogP contribution in [0.3, 0.4) is 0 Å².